The number of fused-ring (bicyclic) bond motifs is 1. The summed E-state index contributed by atoms with van der Waals surface area (Å²) in [6.45, 7) is 0.692. The van der Waals surface area contributed by atoms with Crippen LogP contribution in [0, 0.1) is 0 Å². The molecule has 0 N–H and O–H groups in total. The fourth-order valence-corrected chi connectivity index (χ4v) is 4.67. The Morgan fingerprint density at radius 1 is 0.906 bits per heavy atom. The average Bonchev–Trinajstić information content (AvgIpc) is 3.15. The number of carbonyl (C=O) groups excluding carboxylic acids is 1. The number of benzene rings is 2. The number of thioether (sulfide) groups is 1. The number of carbonyl (C=O) groups is 1. The van der Waals surface area contributed by atoms with Gasteiger partial charge in [-0.2, -0.15) is 16.8 Å². The number of nitrogens with zero attached hydrogens (tertiary/aromatic N) is 2. The molecule has 32 heavy (non-hydrogen) atoms. The van der Waals surface area contributed by atoms with Crippen molar-refractivity contribution in [3.05, 3.63) is 34.6 Å². The van der Waals surface area contributed by atoms with Crippen LogP contribution in [0.5, 0.6) is 28.7 Å². The Bertz CT molecular complexity index is 1160. The third-order valence-electron chi connectivity index (χ3n) is 4.82. The largest absolute Gasteiger partial charge is 0.493 e. The average molecular weight is 479 g/mol. The zero-order valence-electron chi connectivity index (χ0n) is 18.9. The molecule has 0 bridgehead atoms. The summed E-state index contributed by atoms with van der Waals surface area (Å²) in [5, 5.41) is 0. The molecule has 0 unspecified atom stereocenters. The van der Waals surface area contributed by atoms with Gasteiger partial charge in [0, 0.05) is 30.0 Å². The molecule has 1 aromatic heterocycles. The van der Waals surface area contributed by atoms with E-state index in [1.165, 1.54) is 32.7 Å². The predicted octanol–water partition coefficient (Wildman–Crippen LogP) is 3.85. The van der Waals surface area contributed by atoms with Gasteiger partial charge in [-0.05, 0) is 18.4 Å². The van der Waals surface area contributed by atoms with E-state index >= 15 is 0 Å². The van der Waals surface area contributed by atoms with Crippen molar-refractivity contribution in [2.75, 3.05) is 47.6 Å². The van der Waals surface area contributed by atoms with Gasteiger partial charge in [0.25, 0.3) is 5.91 Å². The van der Waals surface area contributed by atoms with Crippen LogP contribution < -0.4 is 28.5 Å². The molecule has 0 saturated heterocycles. The Labute approximate surface area is 194 Å². The van der Waals surface area contributed by atoms with E-state index in [4.69, 9.17) is 23.7 Å². The van der Waals surface area contributed by atoms with Gasteiger partial charge in [-0.25, -0.2) is 0 Å². The molecule has 0 radical (unpaired) electrons. The van der Waals surface area contributed by atoms with E-state index in [9.17, 15) is 4.79 Å². The third-order valence-corrected chi connectivity index (χ3v) is 6.45. The summed E-state index contributed by atoms with van der Waals surface area (Å²) in [6.07, 6.45) is 2.04. The van der Waals surface area contributed by atoms with Gasteiger partial charge in [0.05, 0.1) is 45.8 Å². The minimum absolute atomic E-state index is 0.337. The lowest BCUT2D eigenvalue weighted by Gasteiger charge is -2.12. The number of amides is 1. The molecule has 0 aliphatic heterocycles. The molecule has 0 fully saturated rings. The van der Waals surface area contributed by atoms with Gasteiger partial charge >= 0.3 is 0 Å². The summed E-state index contributed by atoms with van der Waals surface area (Å²) in [7, 11) is 7.72. The van der Waals surface area contributed by atoms with Crippen molar-refractivity contribution in [3.8, 4) is 28.7 Å². The fourth-order valence-electron chi connectivity index (χ4n) is 3.24. The van der Waals surface area contributed by atoms with E-state index in [-0.39, 0.29) is 0 Å². The number of rotatable bonds is 9. The minimum atomic E-state index is -0.410. The smallest absolute Gasteiger partial charge is 0.279 e. The number of hydrogen-bond donors (Lipinski definition) is 0. The van der Waals surface area contributed by atoms with Gasteiger partial charge in [-0.1, -0.05) is 11.3 Å². The van der Waals surface area contributed by atoms with E-state index in [0.29, 0.717) is 45.7 Å². The first kappa shape index (κ1) is 23.8. The molecule has 1 heterocycles. The van der Waals surface area contributed by atoms with Gasteiger partial charge in [0.1, 0.15) is 0 Å². The quantitative estimate of drug-likeness (QED) is 0.462. The highest BCUT2D eigenvalue weighted by atomic mass is 32.2. The number of ether oxygens (including phenoxy) is 5. The lowest BCUT2D eigenvalue weighted by atomic mass is 10.1. The summed E-state index contributed by atoms with van der Waals surface area (Å²) in [5.74, 6) is 2.92. The van der Waals surface area contributed by atoms with E-state index in [2.05, 4.69) is 4.99 Å². The van der Waals surface area contributed by atoms with Crippen LogP contribution in [0.15, 0.2) is 29.3 Å². The molecule has 0 spiro atoms. The summed E-state index contributed by atoms with van der Waals surface area (Å²) < 4.78 is 29.9. The summed E-state index contributed by atoms with van der Waals surface area (Å²) in [6, 6.07) is 7.00. The lowest BCUT2D eigenvalue weighted by molar-refractivity contribution is 0.0997. The standard InChI is InChI=1S/C22H26N2O6S2/c1-26-15-11-14-19(12-16(15)27-2)32-22(24(14)7-8-31-6)23-21(25)13-9-17(28-3)20(30-5)18(10-13)29-4/h9-12H,7-8H2,1-6H3. The van der Waals surface area contributed by atoms with Crippen molar-refractivity contribution in [3.63, 3.8) is 0 Å². The summed E-state index contributed by atoms with van der Waals surface area (Å²) in [4.78, 5) is 18.1. The number of aryl methyl sites for hydroxylation is 1. The fraction of sp³-hybridized carbons (Fsp3) is 0.364. The van der Waals surface area contributed by atoms with E-state index in [1.54, 1.807) is 38.1 Å². The van der Waals surface area contributed by atoms with Crippen LogP contribution >= 0.6 is 23.1 Å². The van der Waals surface area contributed by atoms with Gasteiger partial charge in [0.15, 0.2) is 27.8 Å². The van der Waals surface area contributed by atoms with Crippen molar-refractivity contribution < 1.29 is 28.5 Å². The maximum absolute atomic E-state index is 13.1. The molecule has 8 nitrogen and oxygen atoms in total. The monoisotopic (exact) mass is 478 g/mol. The highest BCUT2D eigenvalue weighted by Crippen LogP contribution is 2.38. The maximum Gasteiger partial charge on any atom is 0.279 e. The first-order valence-corrected chi connectivity index (χ1v) is 11.9. The third kappa shape index (κ3) is 4.66. The minimum Gasteiger partial charge on any atom is -0.493 e. The van der Waals surface area contributed by atoms with Crippen LogP contribution in [0.4, 0.5) is 0 Å². The van der Waals surface area contributed by atoms with Crippen LogP contribution in [-0.2, 0) is 6.54 Å². The van der Waals surface area contributed by atoms with Crippen LogP contribution in [0.1, 0.15) is 10.4 Å². The number of methoxy groups -OCH3 is 5. The van der Waals surface area contributed by atoms with Crippen molar-refractivity contribution >= 4 is 39.2 Å². The van der Waals surface area contributed by atoms with Crippen molar-refractivity contribution in [2.45, 2.75) is 6.54 Å². The van der Waals surface area contributed by atoms with Gasteiger partial charge < -0.3 is 28.3 Å². The molecular weight excluding hydrogens is 452 g/mol. The Hall–Kier alpha value is -2.85. The Kier molecular flexibility index (Phi) is 7.92. The maximum atomic E-state index is 13.1. The molecule has 0 aliphatic carbocycles. The molecular formula is C22H26N2O6S2. The Balaban J connectivity index is 2.17. The molecule has 3 rings (SSSR count). The second kappa shape index (κ2) is 10.6. The summed E-state index contributed by atoms with van der Waals surface area (Å²) >= 11 is 3.14. The second-order valence-electron chi connectivity index (χ2n) is 6.53. The zero-order valence-corrected chi connectivity index (χ0v) is 20.5. The van der Waals surface area contributed by atoms with Crippen LogP contribution in [0.25, 0.3) is 10.2 Å². The number of aromatic nitrogens is 1. The molecule has 0 atom stereocenters. The normalized spacial score (nSPS) is 11.5. The second-order valence-corrected chi connectivity index (χ2v) is 8.53. The van der Waals surface area contributed by atoms with Gasteiger partial charge in [-0.15, -0.1) is 0 Å². The Morgan fingerprint density at radius 2 is 1.50 bits per heavy atom. The molecule has 0 saturated carbocycles. The highest BCUT2D eigenvalue weighted by Gasteiger charge is 2.18. The van der Waals surface area contributed by atoms with E-state index < -0.39 is 5.91 Å². The van der Waals surface area contributed by atoms with E-state index in [1.807, 2.05) is 23.0 Å². The molecule has 1 amide bonds. The van der Waals surface area contributed by atoms with E-state index in [0.717, 1.165) is 16.0 Å². The number of thiazole rings is 1. The van der Waals surface area contributed by atoms with Crippen molar-refractivity contribution in [1.82, 2.24) is 4.57 Å². The van der Waals surface area contributed by atoms with Gasteiger partial charge in [0.2, 0.25) is 5.75 Å². The molecule has 2 aromatic carbocycles. The van der Waals surface area contributed by atoms with Crippen molar-refractivity contribution in [2.24, 2.45) is 4.99 Å². The van der Waals surface area contributed by atoms with Gasteiger partial charge in [-0.3, -0.25) is 4.79 Å². The summed E-state index contributed by atoms with van der Waals surface area (Å²) in [5.41, 5.74) is 1.27. The Morgan fingerprint density at radius 3 is 2.03 bits per heavy atom. The van der Waals surface area contributed by atoms with Crippen LogP contribution in [0.2, 0.25) is 0 Å². The zero-order chi connectivity index (χ0) is 23.3. The van der Waals surface area contributed by atoms with Crippen molar-refractivity contribution in [1.29, 1.82) is 0 Å². The highest BCUT2D eigenvalue weighted by molar-refractivity contribution is 7.98. The topological polar surface area (TPSA) is 80.5 Å². The SMILES string of the molecule is COc1cc2sc(=NC(=O)c3cc(OC)c(OC)c(OC)c3)n(CCSC)c2cc1OC. The molecule has 3 aromatic rings. The molecule has 0 aliphatic rings. The molecule has 10 heteroatoms. The lowest BCUT2D eigenvalue weighted by Crippen LogP contribution is -2.18. The predicted molar refractivity (Wildman–Crippen MR) is 127 cm³/mol. The first-order chi connectivity index (χ1) is 15.5. The molecule has 172 valence electrons. The van der Waals surface area contributed by atoms with Crippen LogP contribution in [0.3, 0.4) is 0 Å². The van der Waals surface area contributed by atoms with Crippen LogP contribution in [-0.4, -0.2) is 58.0 Å². The first-order valence-electron chi connectivity index (χ1n) is 9.64. The number of hydrogen-bond acceptors (Lipinski definition) is 8.